The summed E-state index contributed by atoms with van der Waals surface area (Å²) in [5.74, 6) is 1.51. The molecular formula is C26H32N4O4. The number of fused-ring (bicyclic) bond motifs is 2. The highest BCUT2D eigenvalue weighted by atomic mass is 16.6. The maximum absolute atomic E-state index is 12.9. The van der Waals surface area contributed by atoms with Gasteiger partial charge in [-0.15, -0.1) is 0 Å². The molecule has 3 aliphatic rings. The lowest BCUT2D eigenvalue weighted by Crippen LogP contribution is -2.64. The van der Waals surface area contributed by atoms with Crippen LogP contribution in [0.1, 0.15) is 24.9 Å². The zero-order chi connectivity index (χ0) is 23.7. The van der Waals surface area contributed by atoms with Crippen molar-refractivity contribution < 1.29 is 19.1 Å². The Kier molecular flexibility index (Phi) is 6.18. The second-order valence-electron chi connectivity index (χ2n) is 9.62. The van der Waals surface area contributed by atoms with E-state index in [0.717, 1.165) is 19.5 Å². The molecule has 8 nitrogen and oxygen atoms in total. The van der Waals surface area contributed by atoms with Crippen molar-refractivity contribution in [3.63, 3.8) is 0 Å². The third-order valence-electron chi connectivity index (χ3n) is 7.12. The van der Waals surface area contributed by atoms with E-state index in [4.69, 9.17) is 9.47 Å². The van der Waals surface area contributed by atoms with Gasteiger partial charge in [0, 0.05) is 43.7 Å². The Bertz CT molecular complexity index is 1060. The first-order chi connectivity index (χ1) is 16.4. The van der Waals surface area contributed by atoms with Gasteiger partial charge in [0.1, 0.15) is 13.2 Å². The number of benzene rings is 2. The first-order valence-corrected chi connectivity index (χ1v) is 11.9. The van der Waals surface area contributed by atoms with Crippen LogP contribution in [0.2, 0.25) is 0 Å². The van der Waals surface area contributed by atoms with Gasteiger partial charge in [0.25, 0.3) is 0 Å². The van der Waals surface area contributed by atoms with Gasteiger partial charge in [-0.1, -0.05) is 30.3 Å². The predicted octanol–water partition coefficient (Wildman–Crippen LogP) is 2.28. The number of hydrogen-bond donors (Lipinski definition) is 2. The van der Waals surface area contributed by atoms with E-state index in [2.05, 4.69) is 51.7 Å². The fourth-order valence-corrected chi connectivity index (χ4v) is 5.99. The van der Waals surface area contributed by atoms with Gasteiger partial charge in [-0.3, -0.25) is 19.4 Å². The molecule has 3 heterocycles. The van der Waals surface area contributed by atoms with Crippen LogP contribution in [0.5, 0.6) is 11.5 Å². The molecule has 5 rings (SSSR count). The lowest BCUT2D eigenvalue weighted by atomic mass is 9.75. The molecule has 2 fully saturated rings. The van der Waals surface area contributed by atoms with Gasteiger partial charge in [0.15, 0.2) is 11.5 Å². The Labute approximate surface area is 200 Å². The van der Waals surface area contributed by atoms with Crippen molar-refractivity contribution in [2.24, 2.45) is 5.92 Å². The minimum Gasteiger partial charge on any atom is -0.486 e. The van der Waals surface area contributed by atoms with E-state index in [1.165, 1.54) is 5.56 Å². The monoisotopic (exact) mass is 464 g/mol. The molecule has 2 amide bonds. The predicted molar refractivity (Wildman–Crippen MR) is 129 cm³/mol. The molecule has 3 atom stereocenters. The summed E-state index contributed by atoms with van der Waals surface area (Å²) in [6.07, 6.45) is 0.904. The lowest BCUT2D eigenvalue weighted by molar-refractivity contribution is -0.122. The molecule has 0 radical (unpaired) electrons. The largest absolute Gasteiger partial charge is 0.486 e. The number of likely N-dealkylation sites (N-methyl/N-ethyl adjacent to an activating group) is 1. The molecule has 180 valence electrons. The van der Waals surface area contributed by atoms with Crippen molar-refractivity contribution in [3.05, 3.63) is 54.1 Å². The number of anilines is 1. The van der Waals surface area contributed by atoms with Gasteiger partial charge >= 0.3 is 0 Å². The molecule has 0 unspecified atom stereocenters. The van der Waals surface area contributed by atoms with Crippen LogP contribution in [0.4, 0.5) is 5.69 Å². The van der Waals surface area contributed by atoms with Crippen molar-refractivity contribution in [2.75, 3.05) is 51.8 Å². The molecule has 2 aromatic carbocycles. The highest BCUT2D eigenvalue weighted by Crippen LogP contribution is 2.46. The number of piperidine rings is 1. The van der Waals surface area contributed by atoms with Gasteiger partial charge in [-0.2, -0.15) is 0 Å². The van der Waals surface area contributed by atoms with Crippen LogP contribution >= 0.6 is 0 Å². The van der Waals surface area contributed by atoms with E-state index in [-0.39, 0.29) is 30.3 Å². The quantitative estimate of drug-likeness (QED) is 0.707. The summed E-state index contributed by atoms with van der Waals surface area (Å²) in [6.45, 7) is 5.07. The van der Waals surface area contributed by atoms with Crippen LogP contribution in [0.3, 0.4) is 0 Å². The zero-order valence-corrected chi connectivity index (χ0v) is 19.8. The number of ether oxygens (including phenoxy) is 2. The van der Waals surface area contributed by atoms with Crippen molar-refractivity contribution in [1.29, 1.82) is 0 Å². The molecule has 2 N–H and O–H groups in total. The summed E-state index contributed by atoms with van der Waals surface area (Å²) in [4.78, 5) is 29.6. The number of carbonyl (C=O) groups is 2. The smallest absolute Gasteiger partial charge is 0.238 e. The summed E-state index contributed by atoms with van der Waals surface area (Å²) in [5, 5.41) is 6.27. The van der Waals surface area contributed by atoms with E-state index in [1.54, 1.807) is 13.0 Å². The third-order valence-corrected chi connectivity index (χ3v) is 7.12. The number of amides is 2. The summed E-state index contributed by atoms with van der Waals surface area (Å²) in [6, 6.07) is 16.2. The number of hydrogen-bond acceptors (Lipinski definition) is 6. The van der Waals surface area contributed by atoms with Crippen molar-refractivity contribution in [2.45, 2.75) is 24.9 Å². The number of carbonyl (C=O) groups excluding carboxylic acids is 2. The van der Waals surface area contributed by atoms with E-state index in [1.807, 2.05) is 18.2 Å². The van der Waals surface area contributed by atoms with Crippen LogP contribution in [0.15, 0.2) is 48.5 Å². The van der Waals surface area contributed by atoms with Crippen LogP contribution in [-0.2, 0) is 9.59 Å². The van der Waals surface area contributed by atoms with Crippen LogP contribution in [0, 0.1) is 5.92 Å². The maximum Gasteiger partial charge on any atom is 0.238 e. The third kappa shape index (κ3) is 4.48. The first-order valence-electron chi connectivity index (χ1n) is 11.9. The molecule has 0 spiro atoms. The van der Waals surface area contributed by atoms with Gasteiger partial charge in [-0.05, 0) is 37.7 Å². The van der Waals surface area contributed by atoms with Gasteiger partial charge in [0.05, 0.1) is 12.1 Å². The van der Waals surface area contributed by atoms with Gasteiger partial charge < -0.3 is 20.1 Å². The van der Waals surface area contributed by atoms with E-state index < -0.39 is 5.54 Å². The number of likely N-dealkylation sites (tertiary alicyclic amines) is 2. The van der Waals surface area contributed by atoms with Gasteiger partial charge in [-0.25, -0.2) is 0 Å². The molecule has 3 aliphatic heterocycles. The fraction of sp³-hybridized carbons (Fsp3) is 0.462. The highest BCUT2D eigenvalue weighted by molar-refractivity contribution is 5.92. The number of nitrogens with one attached hydrogen (secondary N) is 2. The molecule has 0 saturated carbocycles. The Morgan fingerprint density at radius 3 is 2.59 bits per heavy atom. The Hall–Kier alpha value is -3.10. The minimum atomic E-state index is -0.392. The summed E-state index contributed by atoms with van der Waals surface area (Å²) in [5.41, 5.74) is 1.56. The molecule has 2 saturated heterocycles. The molecule has 34 heavy (non-hydrogen) atoms. The second kappa shape index (κ2) is 9.27. The van der Waals surface area contributed by atoms with Gasteiger partial charge in [0.2, 0.25) is 11.8 Å². The highest BCUT2D eigenvalue weighted by Gasteiger charge is 2.54. The van der Waals surface area contributed by atoms with E-state index in [0.29, 0.717) is 36.9 Å². The summed E-state index contributed by atoms with van der Waals surface area (Å²) >= 11 is 0. The zero-order valence-electron chi connectivity index (χ0n) is 19.8. The average molecular weight is 465 g/mol. The SMILES string of the molecule is CC(=O)N[C@@]12CN(CC(=O)Nc3ccc4c(c3)OCCO4)CC[C@@H]1[C@@H](c1ccccc1)N(C)C2. The Balaban J connectivity index is 1.29. The molecule has 8 heteroatoms. The van der Waals surface area contributed by atoms with Crippen LogP contribution in [-0.4, -0.2) is 73.6 Å². The molecular weight excluding hydrogens is 432 g/mol. The van der Waals surface area contributed by atoms with Crippen LogP contribution < -0.4 is 20.1 Å². The number of rotatable bonds is 5. The van der Waals surface area contributed by atoms with E-state index in [9.17, 15) is 9.59 Å². The second-order valence-corrected chi connectivity index (χ2v) is 9.62. The maximum atomic E-state index is 12.9. The molecule has 2 aromatic rings. The number of nitrogens with zero attached hydrogens (tertiary/aromatic N) is 2. The molecule has 0 aromatic heterocycles. The van der Waals surface area contributed by atoms with E-state index >= 15 is 0 Å². The van der Waals surface area contributed by atoms with Crippen molar-refractivity contribution in [1.82, 2.24) is 15.1 Å². The summed E-state index contributed by atoms with van der Waals surface area (Å²) < 4.78 is 11.2. The molecule has 0 bridgehead atoms. The fourth-order valence-electron chi connectivity index (χ4n) is 5.99. The Morgan fingerprint density at radius 2 is 1.82 bits per heavy atom. The average Bonchev–Trinajstić information content (AvgIpc) is 3.09. The topological polar surface area (TPSA) is 83.1 Å². The normalized spacial score (nSPS) is 26.5. The van der Waals surface area contributed by atoms with Crippen molar-refractivity contribution >= 4 is 17.5 Å². The first kappa shape index (κ1) is 22.7. The summed E-state index contributed by atoms with van der Waals surface area (Å²) in [7, 11) is 2.12. The minimum absolute atomic E-state index is 0.0327. The lowest BCUT2D eigenvalue weighted by Gasteiger charge is -2.45. The Morgan fingerprint density at radius 1 is 1.06 bits per heavy atom. The standard InChI is InChI=1S/C26H32N4O4/c1-18(31)28-26-16-29(2)25(19-6-4-3-5-7-19)21(26)10-11-30(17-26)15-24(32)27-20-8-9-22-23(14-20)34-13-12-33-22/h3-9,14,21,25H,10-13,15-17H2,1-2H3,(H,27,32)(H,28,31)/t21-,25-,26+/m1/s1. The van der Waals surface area contributed by atoms with Crippen molar-refractivity contribution in [3.8, 4) is 11.5 Å². The molecule has 0 aliphatic carbocycles. The van der Waals surface area contributed by atoms with Crippen LogP contribution in [0.25, 0.3) is 0 Å².